The van der Waals surface area contributed by atoms with E-state index in [1.165, 1.54) is 5.56 Å². The van der Waals surface area contributed by atoms with Gasteiger partial charge in [0, 0.05) is 20.2 Å². The number of methoxy groups -OCH3 is 1. The third kappa shape index (κ3) is 5.26. The molecule has 1 rings (SSSR count). The quantitative estimate of drug-likeness (QED) is 0.697. The van der Waals surface area contributed by atoms with Gasteiger partial charge in [-0.15, -0.1) is 0 Å². The van der Waals surface area contributed by atoms with Crippen LogP contribution in [0, 0.1) is 0 Å². The number of benzene rings is 1. The summed E-state index contributed by atoms with van der Waals surface area (Å²) < 4.78 is 12.6. The first-order chi connectivity index (χ1) is 8.69. The highest BCUT2D eigenvalue weighted by Gasteiger charge is 2.08. The monoisotopic (exact) mass is 379 g/mol. The highest BCUT2D eigenvalue weighted by Crippen LogP contribution is 2.34. The van der Waals surface area contributed by atoms with Crippen molar-refractivity contribution in [2.45, 2.75) is 19.9 Å². The molecule has 0 amide bonds. The van der Waals surface area contributed by atoms with Crippen molar-refractivity contribution in [2.75, 3.05) is 26.9 Å². The maximum atomic E-state index is 5.68. The van der Waals surface area contributed by atoms with Crippen molar-refractivity contribution in [1.82, 2.24) is 5.32 Å². The van der Waals surface area contributed by atoms with Crippen LogP contribution in [0.5, 0.6) is 5.75 Å². The predicted molar refractivity (Wildman–Crippen MR) is 81.2 cm³/mol. The Kier molecular flexibility index (Phi) is 7.90. The Balaban J connectivity index is 2.61. The molecule has 0 fully saturated rings. The third-order valence-electron chi connectivity index (χ3n) is 2.32. The van der Waals surface area contributed by atoms with Gasteiger partial charge >= 0.3 is 0 Å². The molecule has 0 radical (unpaired) electrons. The molecule has 0 saturated heterocycles. The second-order valence-electron chi connectivity index (χ2n) is 3.91. The number of hydrogen-bond donors (Lipinski definition) is 1. The van der Waals surface area contributed by atoms with E-state index in [0.717, 1.165) is 47.4 Å². The maximum Gasteiger partial charge on any atom is 0.147 e. The average Bonchev–Trinajstić information content (AvgIpc) is 2.34. The minimum Gasteiger partial charge on any atom is -0.491 e. The van der Waals surface area contributed by atoms with Gasteiger partial charge < -0.3 is 14.8 Å². The van der Waals surface area contributed by atoms with Crippen molar-refractivity contribution < 1.29 is 9.47 Å². The molecule has 5 heteroatoms. The van der Waals surface area contributed by atoms with Crippen LogP contribution in [0.3, 0.4) is 0 Å². The molecule has 3 nitrogen and oxygen atoms in total. The SMILES string of the molecule is CCCOc1c(Br)cc(CNCCOC)cc1Br. The van der Waals surface area contributed by atoms with Crippen LogP contribution in [-0.4, -0.2) is 26.9 Å². The topological polar surface area (TPSA) is 30.5 Å². The molecule has 0 aliphatic heterocycles. The molecule has 0 saturated carbocycles. The third-order valence-corrected chi connectivity index (χ3v) is 3.50. The summed E-state index contributed by atoms with van der Waals surface area (Å²) in [6.45, 7) is 5.20. The van der Waals surface area contributed by atoms with Crippen molar-refractivity contribution in [3.05, 3.63) is 26.6 Å². The summed E-state index contributed by atoms with van der Waals surface area (Å²) in [7, 11) is 1.70. The van der Waals surface area contributed by atoms with Crippen molar-refractivity contribution in [3.8, 4) is 5.75 Å². The molecule has 0 aromatic heterocycles. The molecule has 0 unspecified atom stereocenters. The van der Waals surface area contributed by atoms with E-state index < -0.39 is 0 Å². The first-order valence-electron chi connectivity index (χ1n) is 5.99. The number of hydrogen-bond acceptors (Lipinski definition) is 3. The van der Waals surface area contributed by atoms with Gasteiger partial charge in [-0.2, -0.15) is 0 Å². The number of rotatable bonds is 8. The standard InChI is InChI=1S/C13H19Br2NO2/c1-3-5-18-13-11(14)7-10(8-12(13)15)9-16-4-6-17-2/h7-8,16H,3-6,9H2,1-2H3. The molecule has 0 spiro atoms. The molecule has 0 aliphatic carbocycles. The fourth-order valence-corrected chi connectivity index (χ4v) is 2.97. The predicted octanol–water partition coefficient (Wildman–Crippen LogP) is 3.74. The fourth-order valence-electron chi connectivity index (χ4n) is 1.46. The van der Waals surface area contributed by atoms with E-state index in [4.69, 9.17) is 9.47 Å². The number of nitrogens with one attached hydrogen (secondary N) is 1. The van der Waals surface area contributed by atoms with Crippen LogP contribution in [-0.2, 0) is 11.3 Å². The van der Waals surface area contributed by atoms with E-state index in [-0.39, 0.29) is 0 Å². The first kappa shape index (κ1) is 16.0. The highest BCUT2D eigenvalue weighted by atomic mass is 79.9. The fraction of sp³-hybridized carbons (Fsp3) is 0.538. The zero-order valence-corrected chi connectivity index (χ0v) is 13.9. The van der Waals surface area contributed by atoms with E-state index in [0.29, 0.717) is 0 Å². The molecule has 0 bridgehead atoms. The molecule has 102 valence electrons. The van der Waals surface area contributed by atoms with E-state index >= 15 is 0 Å². The second kappa shape index (κ2) is 8.91. The van der Waals surface area contributed by atoms with Gasteiger partial charge in [0.15, 0.2) is 0 Å². The Bertz CT molecular complexity index is 349. The number of ether oxygens (including phenoxy) is 2. The van der Waals surface area contributed by atoms with Gasteiger partial charge in [-0.25, -0.2) is 0 Å². The van der Waals surface area contributed by atoms with Gasteiger partial charge in [0.1, 0.15) is 5.75 Å². The van der Waals surface area contributed by atoms with Crippen LogP contribution in [0.25, 0.3) is 0 Å². The van der Waals surface area contributed by atoms with Crippen LogP contribution < -0.4 is 10.1 Å². The van der Waals surface area contributed by atoms with E-state index in [1.54, 1.807) is 7.11 Å². The molecular formula is C13H19Br2NO2. The Morgan fingerprint density at radius 2 is 1.83 bits per heavy atom. The van der Waals surface area contributed by atoms with E-state index in [2.05, 4.69) is 56.2 Å². The normalized spacial score (nSPS) is 10.7. The Morgan fingerprint density at radius 1 is 1.17 bits per heavy atom. The lowest BCUT2D eigenvalue weighted by Gasteiger charge is -2.12. The first-order valence-corrected chi connectivity index (χ1v) is 7.58. The van der Waals surface area contributed by atoms with Crippen molar-refractivity contribution >= 4 is 31.9 Å². The zero-order chi connectivity index (χ0) is 13.4. The zero-order valence-electron chi connectivity index (χ0n) is 10.8. The lowest BCUT2D eigenvalue weighted by Crippen LogP contribution is -2.18. The maximum absolute atomic E-state index is 5.68. The molecule has 0 atom stereocenters. The van der Waals surface area contributed by atoms with Gasteiger partial charge in [0.05, 0.1) is 22.2 Å². The summed E-state index contributed by atoms with van der Waals surface area (Å²) in [5.74, 6) is 0.873. The van der Waals surface area contributed by atoms with E-state index in [1.807, 2.05) is 0 Å². The molecule has 1 aromatic rings. The second-order valence-corrected chi connectivity index (χ2v) is 5.62. The van der Waals surface area contributed by atoms with Crippen LogP contribution in [0.1, 0.15) is 18.9 Å². The van der Waals surface area contributed by atoms with Crippen molar-refractivity contribution in [2.24, 2.45) is 0 Å². The summed E-state index contributed by atoms with van der Waals surface area (Å²) in [6.07, 6.45) is 0.999. The smallest absolute Gasteiger partial charge is 0.147 e. The minimum atomic E-state index is 0.722. The van der Waals surface area contributed by atoms with Gasteiger partial charge in [-0.3, -0.25) is 0 Å². The van der Waals surface area contributed by atoms with E-state index in [9.17, 15) is 0 Å². The van der Waals surface area contributed by atoms with Crippen LogP contribution in [0.2, 0.25) is 0 Å². The molecule has 0 aliphatic rings. The van der Waals surface area contributed by atoms with Crippen LogP contribution >= 0.6 is 31.9 Å². The molecule has 1 aromatic carbocycles. The Morgan fingerprint density at radius 3 is 2.39 bits per heavy atom. The van der Waals surface area contributed by atoms with Crippen molar-refractivity contribution in [3.63, 3.8) is 0 Å². The van der Waals surface area contributed by atoms with Crippen LogP contribution in [0.15, 0.2) is 21.1 Å². The minimum absolute atomic E-state index is 0.722. The largest absolute Gasteiger partial charge is 0.491 e. The van der Waals surface area contributed by atoms with Crippen LogP contribution in [0.4, 0.5) is 0 Å². The average molecular weight is 381 g/mol. The molecule has 1 N–H and O–H groups in total. The highest BCUT2D eigenvalue weighted by molar-refractivity contribution is 9.11. The molecule has 18 heavy (non-hydrogen) atoms. The lowest BCUT2D eigenvalue weighted by atomic mass is 10.2. The van der Waals surface area contributed by atoms with Gasteiger partial charge in [-0.05, 0) is 56.0 Å². The molecule has 0 heterocycles. The van der Waals surface area contributed by atoms with Crippen molar-refractivity contribution in [1.29, 1.82) is 0 Å². The van der Waals surface area contributed by atoms with Gasteiger partial charge in [0.2, 0.25) is 0 Å². The summed E-state index contributed by atoms with van der Waals surface area (Å²) in [4.78, 5) is 0. The Labute approximate surface area is 125 Å². The van der Waals surface area contributed by atoms with Gasteiger partial charge in [0.25, 0.3) is 0 Å². The summed E-state index contributed by atoms with van der Waals surface area (Å²) >= 11 is 7.09. The molecular weight excluding hydrogens is 362 g/mol. The van der Waals surface area contributed by atoms with Gasteiger partial charge in [-0.1, -0.05) is 6.92 Å². The lowest BCUT2D eigenvalue weighted by molar-refractivity contribution is 0.199. The summed E-state index contributed by atoms with van der Waals surface area (Å²) in [6, 6.07) is 4.16. The summed E-state index contributed by atoms with van der Waals surface area (Å²) in [5, 5.41) is 3.31. The number of halogens is 2. The Hall–Kier alpha value is -0.100. The summed E-state index contributed by atoms with van der Waals surface area (Å²) in [5.41, 5.74) is 1.20.